The number of esters is 2. The summed E-state index contributed by atoms with van der Waals surface area (Å²) >= 11 is 0. The molecule has 0 bridgehead atoms. The van der Waals surface area contributed by atoms with Gasteiger partial charge in [0.15, 0.2) is 0 Å². The van der Waals surface area contributed by atoms with Gasteiger partial charge >= 0.3 is 11.9 Å². The molecule has 114 valence electrons. The number of hydrogen-bond acceptors (Lipinski definition) is 6. The lowest BCUT2D eigenvalue weighted by Gasteiger charge is -2.23. The first-order chi connectivity index (χ1) is 10.00. The van der Waals surface area contributed by atoms with Crippen LogP contribution in [0.5, 0.6) is 0 Å². The van der Waals surface area contributed by atoms with E-state index in [1.54, 1.807) is 0 Å². The van der Waals surface area contributed by atoms with E-state index >= 15 is 0 Å². The van der Waals surface area contributed by atoms with Gasteiger partial charge in [-0.2, -0.15) is 0 Å². The number of methoxy groups -OCH3 is 2. The Balaban J connectivity index is 2.20. The molecule has 1 heterocycles. The summed E-state index contributed by atoms with van der Waals surface area (Å²) in [7, 11) is 2.63. The third-order valence-corrected chi connectivity index (χ3v) is 3.78. The van der Waals surface area contributed by atoms with Gasteiger partial charge in [0.2, 0.25) is 0 Å². The largest absolute Gasteiger partial charge is 0.468 e. The van der Waals surface area contributed by atoms with Crippen molar-refractivity contribution in [2.45, 2.75) is 24.5 Å². The van der Waals surface area contributed by atoms with Crippen molar-refractivity contribution >= 4 is 11.9 Å². The van der Waals surface area contributed by atoms with Crippen molar-refractivity contribution in [1.29, 1.82) is 0 Å². The Kier molecular flexibility index (Phi) is 4.59. The zero-order valence-electron chi connectivity index (χ0n) is 12.2. The third-order valence-electron chi connectivity index (χ3n) is 3.78. The number of rotatable bonds is 4. The van der Waals surface area contributed by atoms with Crippen LogP contribution in [0.1, 0.15) is 12.0 Å². The van der Waals surface area contributed by atoms with Gasteiger partial charge in [-0.3, -0.25) is 14.5 Å². The number of likely N-dealkylation sites (tertiary alicyclic amines) is 1. The topological polar surface area (TPSA) is 81.9 Å². The standard InChI is InChI=1S/C15H20N2O4/c1-20-13(18)12-8-15(16,14(19)21-2)10-17(12)9-11-6-4-3-5-7-11/h3-7,12H,8-10,16H2,1-2H3/t12-,15+/m0/s1. The van der Waals surface area contributed by atoms with Crippen LogP contribution in [0, 0.1) is 0 Å². The predicted molar refractivity (Wildman–Crippen MR) is 76.2 cm³/mol. The molecule has 1 aromatic rings. The highest BCUT2D eigenvalue weighted by atomic mass is 16.5. The summed E-state index contributed by atoms with van der Waals surface area (Å²) in [4.78, 5) is 25.7. The Morgan fingerprint density at radius 2 is 1.95 bits per heavy atom. The molecule has 1 fully saturated rings. The highest BCUT2D eigenvalue weighted by Crippen LogP contribution is 2.28. The van der Waals surface area contributed by atoms with Crippen molar-refractivity contribution < 1.29 is 19.1 Å². The van der Waals surface area contributed by atoms with Gasteiger partial charge < -0.3 is 15.2 Å². The molecular formula is C15H20N2O4. The van der Waals surface area contributed by atoms with E-state index in [9.17, 15) is 9.59 Å². The second kappa shape index (κ2) is 6.24. The van der Waals surface area contributed by atoms with Crippen LogP contribution in [0.25, 0.3) is 0 Å². The maximum absolute atomic E-state index is 11.9. The van der Waals surface area contributed by atoms with E-state index < -0.39 is 17.6 Å². The Morgan fingerprint density at radius 3 is 2.52 bits per heavy atom. The van der Waals surface area contributed by atoms with Crippen LogP contribution in [0.15, 0.2) is 30.3 Å². The summed E-state index contributed by atoms with van der Waals surface area (Å²) in [6, 6.07) is 9.15. The van der Waals surface area contributed by atoms with Gasteiger partial charge in [0.25, 0.3) is 0 Å². The van der Waals surface area contributed by atoms with E-state index in [-0.39, 0.29) is 18.9 Å². The van der Waals surface area contributed by atoms with Gasteiger partial charge in [-0.15, -0.1) is 0 Å². The first kappa shape index (κ1) is 15.5. The van der Waals surface area contributed by atoms with E-state index in [1.165, 1.54) is 14.2 Å². The monoisotopic (exact) mass is 292 g/mol. The van der Waals surface area contributed by atoms with Gasteiger partial charge in [0, 0.05) is 19.5 Å². The summed E-state index contributed by atoms with van der Waals surface area (Å²) in [6.07, 6.45) is 0.194. The Hall–Kier alpha value is -1.92. The second-order valence-electron chi connectivity index (χ2n) is 5.28. The molecule has 2 atom stereocenters. The molecule has 1 saturated heterocycles. The van der Waals surface area contributed by atoms with E-state index in [4.69, 9.17) is 15.2 Å². The quantitative estimate of drug-likeness (QED) is 0.804. The van der Waals surface area contributed by atoms with Crippen LogP contribution in [0.2, 0.25) is 0 Å². The minimum atomic E-state index is -1.18. The zero-order chi connectivity index (χ0) is 15.5. The fourth-order valence-electron chi connectivity index (χ4n) is 2.71. The summed E-state index contributed by atoms with van der Waals surface area (Å²) in [5.41, 5.74) is 5.98. The first-order valence-corrected chi connectivity index (χ1v) is 6.73. The SMILES string of the molecule is COC(=O)[C@@H]1C[C@](N)(C(=O)OC)CN1Cc1ccccc1. The second-order valence-corrected chi connectivity index (χ2v) is 5.28. The van der Waals surface area contributed by atoms with E-state index in [0.29, 0.717) is 6.54 Å². The lowest BCUT2D eigenvalue weighted by molar-refractivity contribution is -0.146. The van der Waals surface area contributed by atoms with Gasteiger partial charge in [-0.25, -0.2) is 0 Å². The molecule has 6 nitrogen and oxygen atoms in total. The number of carbonyl (C=O) groups is 2. The summed E-state index contributed by atoms with van der Waals surface area (Å²) < 4.78 is 9.58. The van der Waals surface area contributed by atoms with Crippen LogP contribution in [0.4, 0.5) is 0 Å². The molecular weight excluding hydrogens is 272 g/mol. The highest BCUT2D eigenvalue weighted by molar-refractivity contribution is 5.85. The zero-order valence-corrected chi connectivity index (χ0v) is 12.2. The Bertz CT molecular complexity index is 520. The Labute approximate surface area is 123 Å². The predicted octanol–water partition coefficient (Wildman–Crippen LogP) is 0.304. The molecule has 1 aromatic carbocycles. The molecule has 0 aromatic heterocycles. The fourth-order valence-corrected chi connectivity index (χ4v) is 2.71. The van der Waals surface area contributed by atoms with E-state index in [1.807, 2.05) is 35.2 Å². The van der Waals surface area contributed by atoms with E-state index in [0.717, 1.165) is 5.56 Å². The lowest BCUT2D eigenvalue weighted by Crippen LogP contribution is -2.50. The van der Waals surface area contributed by atoms with Crippen molar-refractivity contribution in [2.75, 3.05) is 20.8 Å². The maximum atomic E-state index is 11.9. The van der Waals surface area contributed by atoms with Crippen molar-refractivity contribution in [1.82, 2.24) is 4.90 Å². The number of hydrogen-bond donors (Lipinski definition) is 1. The molecule has 0 aliphatic carbocycles. The molecule has 0 radical (unpaired) electrons. The van der Waals surface area contributed by atoms with Crippen molar-refractivity contribution in [3.8, 4) is 0 Å². The number of nitrogens with zero attached hydrogens (tertiary/aromatic N) is 1. The fraction of sp³-hybridized carbons (Fsp3) is 0.467. The molecule has 6 heteroatoms. The third kappa shape index (κ3) is 3.22. The van der Waals surface area contributed by atoms with Gasteiger partial charge in [-0.1, -0.05) is 30.3 Å². The smallest absolute Gasteiger partial charge is 0.327 e. The molecule has 2 N–H and O–H groups in total. The summed E-state index contributed by atoms with van der Waals surface area (Å²) in [5.74, 6) is -0.894. The van der Waals surface area contributed by atoms with Gasteiger partial charge in [-0.05, 0) is 5.56 Å². The average Bonchev–Trinajstić information content (AvgIpc) is 2.84. The Morgan fingerprint density at radius 1 is 1.29 bits per heavy atom. The molecule has 0 amide bonds. The molecule has 2 rings (SSSR count). The van der Waals surface area contributed by atoms with Gasteiger partial charge in [0.1, 0.15) is 11.6 Å². The van der Waals surface area contributed by atoms with Crippen LogP contribution < -0.4 is 5.73 Å². The molecule has 1 aliphatic heterocycles. The van der Waals surface area contributed by atoms with Crippen LogP contribution in [-0.2, 0) is 25.6 Å². The van der Waals surface area contributed by atoms with Gasteiger partial charge in [0.05, 0.1) is 14.2 Å². The minimum Gasteiger partial charge on any atom is -0.468 e. The average molecular weight is 292 g/mol. The van der Waals surface area contributed by atoms with Crippen LogP contribution in [-0.4, -0.2) is 49.2 Å². The van der Waals surface area contributed by atoms with Crippen molar-refractivity contribution in [3.05, 3.63) is 35.9 Å². The number of benzene rings is 1. The number of ether oxygens (including phenoxy) is 2. The molecule has 1 aliphatic rings. The lowest BCUT2D eigenvalue weighted by atomic mass is 9.97. The minimum absolute atomic E-state index is 0.194. The summed E-state index contributed by atoms with van der Waals surface area (Å²) in [6.45, 7) is 0.783. The van der Waals surface area contributed by atoms with Crippen LogP contribution >= 0.6 is 0 Å². The molecule has 21 heavy (non-hydrogen) atoms. The van der Waals surface area contributed by atoms with Crippen molar-refractivity contribution in [2.24, 2.45) is 5.73 Å². The molecule has 0 unspecified atom stereocenters. The van der Waals surface area contributed by atoms with E-state index in [2.05, 4.69) is 0 Å². The summed E-state index contributed by atoms with van der Waals surface area (Å²) in [5, 5.41) is 0. The normalized spacial score (nSPS) is 25.6. The number of nitrogens with two attached hydrogens (primary N) is 1. The molecule has 0 saturated carbocycles. The first-order valence-electron chi connectivity index (χ1n) is 6.73. The maximum Gasteiger partial charge on any atom is 0.327 e. The number of carbonyl (C=O) groups excluding carboxylic acids is 2. The molecule has 0 spiro atoms. The van der Waals surface area contributed by atoms with Crippen molar-refractivity contribution in [3.63, 3.8) is 0 Å². The van der Waals surface area contributed by atoms with Crippen LogP contribution in [0.3, 0.4) is 0 Å². The highest BCUT2D eigenvalue weighted by Gasteiger charge is 2.50.